The minimum absolute atomic E-state index is 0.00124. The third kappa shape index (κ3) is 6.52. The molecule has 2 amide bonds. The van der Waals surface area contributed by atoms with E-state index in [1.165, 1.54) is 0 Å². The molecular weight excluding hydrogens is 348 g/mol. The first kappa shape index (κ1) is 21.7. The number of hydrogen-bond donors (Lipinski definition) is 2. The average molecular weight is 381 g/mol. The molecule has 0 bridgehead atoms. The first-order chi connectivity index (χ1) is 13.4. The molecule has 0 aliphatic rings. The van der Waals surface area contributed by atoms with Gasteiger partial charge in [-0.05, 0) is 47.9 Å². The molecule has 0 aliphatic carbocycles. The first-order valence-corrected chi connectivity index (χ1v) is 10.2. The van der Waals surface area contributed by atoms with E-state index in [2.05, 4.69) is 38.3 Å². The molecule has 2 rings (SSSR count). The Hall–Kier alpha value is -2.62. The largest absolute Gasteiger partial charge is 0.326 e. The van der Waals surface area contributed by atoms with E-state index in [1.807, 2.05) is 48.5 Å². The Kier molecular flexibility index (Phi) is 8.24. The summed E-state index contributed by atoms with van der Waals surface area (Å²) in [6.07, 6.45) is 2.22. The van der Waals surface area contributed by atoms with Crippen LogP contribution in [0, 0.1) is 0 Å². The van der Waals surface area contributed by atoms with Crippen LogP contribution in [0.5, 0.6) is 0 Å². The molecule has 4 heteroatoms. The Morgan fingerprint density at radius 2 is 1.04 bits per heavy atom. The van der Waals surface area contributed by atoms with Gasteiger partial charge in [-0.15, -0.1) is 0 Å². The second kappa shape index (κ2) is 10.6. The standard InChI is InChI=1S/C24H32N2O2/c1-17(2)19-11-5-7-13-21(19)25-23(27)15-9-10-16-24(28)26-22-14-8-6-12-20(22)18(3)4/h5-8,11-14,17-18H,9-10,15-16H2,1-4H3,(H,25,27)(H,26,28). The monoisotopic (exact) mass is 380 g/mol. The Morgan fingerprint density at radius 1 is 0.679 bits per heavy atom. The Labute approximate surface area is 168 Å². The highest BCUT2D eigenvalue weighted by Gasteiger charge is 2.11. The van der Waals surface area contributed by atoms with E-state index >= 15 is 0 Å². The molecule has 28 heavy (non-hydrogen) atoms. The number of hydrogen-bond acceptors (Lipinski definition) is 2. The SMILES string of the molecule is CC(C)c1ccccc1NC(=O)CCCCC(=O)Nc1ccccc1C(C)C. The van der Waals surface area contributed by atoms with Gasteiger partial charge < -0.3 is 10.6 Å². The number of rotatable bonds is 9. The second-order valence-electron chi connectivity index (χ2n) is 7.79. The molecule has 2 N–H and O–H groups in total. The van der Waals surface area contributed by atoms with Crippen molar-refractivity contribution in [1.29, 1.82) is 0 Å². The van der Waals surface area contributed by atoms with Gasteiger partial charge in [0, 0.05) is 24.2 Å². The van der Waals surface area contributed by atoms with Crippen LogP contribution in [0.25, 0.3) is 0 Å². The zero-order chi connectivity index (χ0) is 20.5. The quantitative estimate of drug-likeness (QED) is 0.519. The van der Waals surface area contributed by atoms with Crippen LogP contribution in [-0.2, 0) is 9.59 Å². The van der Waals surface area contributed by atoms with E-state index in [1.54, 1.807) is 0 Å². The molecule has 0 fully saturated rings. The number of unbranched alkanes of at least 4 members (excludes halogenated alkanes) is 1. The van der Waals surface area contributed by atoms with Gasteiger partial charge in [0.05, 0.1) is 0 Å². The molecule has 150 valence electrons. The van der Waals surface area contributed by atoms with Crippen LogP contribution in [-0.4, -0.2) is 11.8 Å². The summed E-state index contributed by atoms with van der Waals surface area (Å²) in [6.45, 7) is 8.45. The number of nitrogens with one attached hydrogen (secondary N) is 2. The summed E-state index contributed by atoms with van der Waals surface area (Å²) in [5.74, 6) is 0.708. The number of carbonyl (C=O) groups excluding carboxylic acids is 2. The second-order valence-corrected chi connectivity index (χ2v) is 7.79. The van der Waals surface area contributed by atoms with Crippen LogP contribution >= 0.6 is 0 Å². The summed E-state index contributed by atoms with van der Waals surface area (Å²) < 4.78 is 0. The maximum Gasteiger partial charge on any atom is 0.224 e. The lowest BCUT2D eigenvalue weighted by atomic mass is 10.0. The smallest absolute Gasteiger partial charge is 0.224 e. The fourth-order valence-electron chi connectivity index (χ4n) is 3.23. The Balaban J connectivity index is 1.76. The molecular formula is C24H32N2O2. The van der Waals surface area contributed by atoms with Gasteiger partial charge in [-0.1, -0.05) is 64.1 Å². The fourth-order valence-corrected chi connectivity index (χ4v) is 3.23. The van der Waals surface area contributed by atoms with Crippen LogP contribution in [0.1, 0.15) is 76.3 Å². The molecule has 0 spiro atoms. The predicted molar refractivity (Wildman–Crippen MR) is 117 cm³/mol. The van der Waals surface area contributed by atoms with Crippen molar-refractivity contribution in [1.82, 2.24) is 0 Å². The summed E-state index contributed by atoms with van der Waals surface area (Å²) in [7, 11) is 0. The molecule has 2 aromatic carbocycles. The summed E-state index contributed by atoms with van der Waals surface area (Å²) in [6, 6.07) is 15.8. The Morgan fingerprint density at radius 3 is 1.39 bits per heavy atom. The molecule has 0 saturated heterocycles. The minimum Gasteiger partial charge on any atom is -0.326 e. The molecule has 0 atom stereocenters. The molecule has 2 aromatic rings. The number of benzene rings is 2. The van der Waals surface area contributed by atoms with Crippen molar-refractivity contribution in [2.75, 3.05) is 10.6 Å². The van der Waals surface area contributed by atoms with Crippen LogP contribution in [0.4, 0.5) is 11.4 Å². The van der Waals surface area contributed by atoms with Crippen molar-refractivity contribution in [3.8, 4) is 0 Å². The maximum atomic E-state index is 12.2. The number of para-hydroxylation sites is 2. The van der Waals surface area contributed by atoms with E-state index in [-0.39, 0.29) is 11.8 Å². The van der Waals surface area contributed by atoms with Gasteiger partial charge in [0.1, 0.15) is 0 Å². The van der Waals surface area contributed by atoms with Crippen molar-refractivity contribution in [3.63, 3.8) is 0 Å². The van der Waals surface area contributed by atoms with Crippen LogP contribution in [0.2, 0.25) is 0 Å². The number of amides is 2. The van der Waals surface area contributed by atoms with Gasteiger partial charge in [0.15, 0.2) is 0 Å². The predicted octanol–water partition coefficient (Wildman–Crippen LogP) is 6.07. The molecule has 4 nitrogen and oxygen atoms in total. The zero-order valence-electron chi connectivity index (χ0n) is 17.4. The maximum absolute atomic E-state index is 12.2. The lowest BCUT2D eigenvalue weighted by Gasteiger charge is -2.14. The fraction of sp³-hybridized carbons (Fsp3) is 0.417. The average Bonchev–Trinajstić information content (AvgIpc) is 2.65. The van der Waals surface area contributed by atoms with Gasteiger partial charge in [0.2, 0.25) is 11.8 Å². The van der Waals surface area contributed by atoms with Crippen molar-refractivity contribution in [2.45, 2.75) is 65.2 Å². The zero-order valence-corrected chi connectivity index (χ0v) is 17.4. The topological polar surface area (TPSA) is 58.2 Å². The van der Waals surface area contributed by atoms with Crippen molar-refractivity contribution < 1.29 is 9.59 Å². The van der Waals surface area contributed by atoms with Gasteiger partial charge in [-0.3, -0.25) is 9.59 Å². The lowest BCUT2D eigenvalue weighted by Crippen LogP contribution is -2.15. The summed E-state index contributed by atoms with van der Waals surface area (Å²) in [4.78, 5) is 24.5. The third-order valence-electron chi connectivity index (χ3n) is 4.77. The minimum atomic E-state index is -0.00124. The highest BCUT2D eigenvalue weighted by atomic mass is 16.2. The summed E-state index contributed by atoms with van der Waals surface area (Å²) in [5, 5.41) is 6.00. The van der Waals surface area contributed by atoms with E-state index in [4.69, 9.17) is 0 Å². The van der Waals surface area contributed by atoms with Gasteiger partial charge in [-0.25, -0.2) is 0 Å². The molecule has 0 saturated carbocycles. The number of carbonyl (C=O) groups is 2. The normalized spacial score (nSPS) is 10.9. The van der Waals surface area contributed by atoms with Crippen LogP contribution in [0.3, 0.4) is 0 Å². The van der Waals surface area contributed by atoms with Crippen molar-refractivity contribution in [3.05, 3.63) is 59.7 Å². The molecule has 0 aliphatic heterocycles. The molecule has 0 aromatic heterocycles. The first-order valence-electron chi connectivity index (χ1n) is 10.2. The van der Waals surface area contributed by atoms with Gasteiger partial charge in [0.25, 0.3) is 0 Å². The highest BCUT2D eigenvalue weighted by molar-refractivity contribution is 5.92. The molecule has 0 heterocycles. The number of anilines is 2. The van der Waals surface area contributed by atoms with Gasteiger partial charge >= 0.3 is 0 Å². The van der Waals surface area contributed by atoms with Crippen molar-refractivity contribution in [2.24, 2.45) is 0 Å². The third-order valence-corrected chi connectivity index (χ3v) is 4.77. The molecule has 0 unspecified atom stereocenters. The van der Waals surface area contributed by atoms with E-state index in [0.717, 1.165) is 22.5 Å². The van der Waals surface area contributed by atoms with Crippen molar-refractivity contribution >= 4 is 23.2 Å². The van der Waals surface area contributed by atoms with E-state index < -0.39 is 0 Å². The van der Waals surface area contributed by atoms with Gasteiger partial charge in [-0.2, -0.15) is 0 Å². The van der Waals surface area contributed by atoms with E-state index in [0.29, 0.717) is 37.5 Å². The Bertz CT molecular complexity index is 729. The molecule has 0 radical (unpaired) electrons. The van der Waals surface area contributed by atoms with E-state index in [9.17, 15) is 9.59 Å². The van der Waals surface area contributed by atoms with Crippen LogP contribution in [0.15, 0.2) is 48.5 Å². The highest BCUT2D eigenvalue weighted by Crippen LogP contribution is 2.25. The lowest BCUT2D eigenvalue weighted by molar-refractivity contribution is -0.118. The summed E-state index contributed by atoms with van der Waals surface area (Å²) in [5.41, 5.74) is 4.04. The van der Waals surface area contributed by atoms with Crippen LogP contribution < -0.4 is 10.6 Å². The summed E-state index contributed by atoms with van der Waals surface area (Å²) >= 11 is 0.